The average molecular weight is 514 g/mol. The Morgan fingerprint density at radius 3 is 2.18 bits per heavy atom. The van der Waals surface area contributed by atoms with Crippen molar-refractivity contribution in [3.05, 3.63) is 95.6 Å². The van der Waals surface area contributed by atoms with Crippen molar-refractivity contribution in [2.75, 3.05) is 33.4 Å². The third-order valence-corrected chi connectivity index (χ3v) is 8.38. The molecule has 0 radical (unpaired) electrons. The largest absolute Gasteiger partial charge is 0.497 e. The highest BCUT2D eigenvalue weighted by Gasteiger charge is 2.40. The smallest absolute Gasteiger partial charge is 0.309 e. The number of hydrogen-bond acceptors (Lipinski definition) is 5. The monoisotopic (exact) mass is 513 g/mol. The van der Waals surface area contributed by atoms with Crippen LogP contribution in [0, 0.1) is 11.3 Å². The van der Waals surface area contributed by atoms with Gasteiger partial charge in [-0.1, -0.05) is 54.6 Å². The van der Waals surface area contributed by atoms with Crippen molar-refractivity contribution >= 4 is 5.97 Å². The lowest BCUT2D eigenvalue weighted by Gasteiger charge is -2.48. The molecule has 0 aromatic heterocycles. The average Bonchev–Trinajstić information content (AvgIpc) is 3.00. The van der Waals surface area contributed by atoms with Gasteiger partial charge in [0, 0.05) is 5.41 Å². The van der Waals surface area contributed by atoms with Gasteiger partial charge in [0.2, 0.25) is 0 Å². The molecular weight excluding hydrogens is 474 g/mol. The van der Waals surface area contributed by atoms with Crippen LogP contribution in [-0.2, 0) is 29.0 Å². The van der Waals surface area contributed by atoms with Crippen molar-refractivity contribution in [3.63, 3.8) is 0 Å². The summed E-state index contributed by atoms with van der Waals surface area (Å²) in [5.41, 5.74) is 4.16. The van der Waals surface area contributed by atoms with Crippen LogP contribution in [0.3, 0.4) is 0 Å². The van der Waals surface area contributed by atoms with Gasteiger partial charge in [-0.3, -0.25) is 4.79 Å². The number of aryl methyl sites for hydroxylation is 1. The van der Waals surface area contributed by atoms with Crippen molar-refractivity contribution in [1.29, 1.82) is 0 Å². The van der Waals surface area contributed by atoms with E-state index in [0.29, 0.717) is 13.2 Å². The lowest BCUT2D eigenvalue weighted by atomic mass is 9.73. The molecule has 0 saturated carbocycles. The van der Waals surface area contributed by atoms with Gasteiger partial charge in [0.15, 0.2) is 0 Å². The van der Waals surface area contributed by atoms with Crippen LogP contribution in [0.25, 0.3) is 0 Å². The zero-order chi connectivity index (χ0) is 26.2. The number of carbonyl (C=O) groups is 1. The Balaban J connectivity index is 0.000000163. The van der Waals surface area contributed by atoms with Crippen molar-refractivity contribution < 1.29 is 19.0 Å². The number of ether oxygens (including phenoxy) is 3. The van der Waals surface area contributed by atoms with Gasteiger partial charge in [-0.25, -0.2) is 0 Å². The normalized spacial score (nSPS) is 23.4. The first-order valence-electron chi connectivity index (χ1n) is 13.9. The maximum Gasteiger partial charge on any atom is 0.309 e. The molecule has 200 valence electrons. The summed E-state index contributed by atoms with van der Waals surface area (Å²) in [6, 6.07) is 26.2. The van der Waals surface area contributed by atoms with E-state index in [2.05, 4.69) is 29.2 Å². The minimum Gasteiger partial charge on any atom is -0.497 e. The molecule has 5 heteroatoms. The third kappa shape index (κ3) is 6.76. The van der Waals surface area contributed by atoms with Gasteiger partial charge in [-0.05, 0) is 99.1 Å². The molecule has 0 spiro atoms. The first-order valence-corrected chi connectivity index (χ1v) is 13.9. The first-order chi connectivity index (χ1) is 18.6. The fraction of sp³-hybridized carbons (Fsp3) is 0.424. The highest BCUT2D eigenvalue weighted by atomic mass is 16.5. The topological polar surface area (TPSA) is 48.0 Å². The van der Waals surface area contributed by atoms with Crippen LogP contribution >= 0.6 is 0 Å². The van der Waals surface area contributed by atoms with Crippen molar-refractivity contribution in [2.45, 2.75) is 45.1 Å². The SMILES string of the molecule is COc1ccc(COc2ccccc2)cc1.O=C(OCC12CCN(CC1)CC2)C1CCc2ccccc2C1. The quantitative estimate of drug-likeness (QED) is 0.358. The maximum atomic E-state index is 12.5. The van der Waals surface area contributed by atoms with Gasteiger partial charge in [0.05, 0.1) is 19.6 Å². The molecule has 5 nitrogen and oxygen atoms in total. The predicted octanol–water partition coefficient (Wildman–Crippen LogP) is 6.09. The Kier molecular flexibility index (Phi) is 8.65. The van der Waals surface area contributed by atoms with E-state index in [1.165, 1.54) is 50.0 Å². The van der Waals surface area contributed by atoms with E-state index in [0.717, 1.165) is 36.3 Å². The fourth-order valence-corrected chi connectivity index (χ4v) is 5.76. The second-order valence-electron chi connectivity index (χ2n) is 10.9. The number of esters is 1. The number of fused-ring (bicyclic) bond motifs is 4. The van der Waals surface area contributed by atoms with Crippen LogP contribution in [0.2, 0.25) is 0 Å². The van der Waals surface area contributed by atoms with Crippen molar-refractivity contribution in [2.24, 2.45) is 11.3 Å². The van der Waals surface area contributed by atoms with Crippen LogP contribution in [-0.4, -0.2) is 44.2 Å². The molecule has 0 amide bonds. The van der Waals surface area contributed by atoms with Gasteiger partial charge < -0.3 is 19.1 Å². The number of nitrogens with zero attached hydrogens (tertiary/aromatic N) is 1. The maximum absolute atomic E-state index is 12.5. The van der Waals surface area contributed by atoms with Gasteiger partial charge in [-0.15, -0.1) is 0 Å². The van der Waals surface area contributed by atoms with Crippen LogP contribution in [0.4, 0.5) is 0 Å². The van der Waals surface area contributed by atoms with Crippen LogP contribution in [0.5, 0.6) is 11.5 Å². The summed E-state index contributed by atoms with van der Waals surface area (Å²) in [4.78, 5) is 15.0. The van der Waals surface area contributed by atoms with E-state index in [9.17, 15) is 4.79 Å². The van der Waals surface area contributed by atoms with Gasteiger partial charge in [0.25, 0.3) is 0 Å². The lowest BCUT2D eigenvalue weighted by Crippen LogP contribution is -2.50. The number of carbonyl (C=O) groups excluding carboxylic acids is 1. The summed E-state index contributed by atoms with van der Waals surface area (Å²) in [7, 11) is 1.66. The zero-order valence-electron chi connectivity index (χ0n) is 22.4. The van der Waals surface area contributed by atoms with E-state index < -0.39 is 0 Å². The number of benzene rings is 3. The lowest BCUT2D eigenvalue weighted by molar-refractivity contribution is -0.156. The van der Waals surface area contributed by atoms with Gasteiger partial charge in [-0.2, -0.15) is 0 Å². The second-order valence-corrected chi connectivity index (χ2v) is 10.9. The van der Waals surface area contributed by atoms with Gasteiger partial charge >= 0.3 is 5.97 Å². The molecule has 3 aliphatic heterocycles. The van der Waals surface area contributed by atoms with Crippen molar-refractivity contribution in [3.8, 4) is 11.5 Å². The van der Waals surface area contributed by atoms with E-state index in [1.54, 1.807) is 7.11 Å². The Morgan fingerprint density at radius 2 is 1.50 bits per heavy atom. The van der Waals surface area contributed by atoms with Crippen molar-refractivity contribution in [1.82, 2.24) is 4.90 Å². The highest BCUT2D eigenvalue weighted by Crippen LogP contribution is 2.40. The molecule has 1 atom stereocenters. The molecular formula is C33H39NO4. The van der Waals surface area contributed by atoms with Crippen LogP contribution in [0.1, 0.15) is 42.4 Å². The minimum atomic E-state index is 0.0388. The van der Waals surface area contributed by atoms with Gasteiger partial charge in [0.1, 0.15) is 18.1 Å². The number of methoxy groups -OCH3 is 1. The molecule has 3 aromatic carbocycles. The Bertz CT molecular complexity index is 1160. The minimum absolute atomic E-state index is 0.0388. The summed E-state index contributed by atoms with van der Waals surface area (Å²) >= 11 is 0. The van der Waals surface area contributed by atoms with Crippen LogP contribution in [0.15, 0.2) is 78.9 Å². The molecule has 3 aromatic rings. The van der Waals surface area contributed by atoms with E-state index in [-0.39, 0.29) is 17.3 Å². The molecule has 38 heavy (non-hydrogen) atoms. The molecule has 1 aliphatic carbocycles. The molecule has 0 N–H and O–H groups in total. The van der Waals surface area contributed by atoms with E-state index >= 15 is 0 Å². The summed E-state index contributed by atoms with van der Waals surface area (Å²) < 4.78 is 16.5. The number of rotatable bonds is 7. The zero-order valence-corrected chi connectivity index (χ0v) is 22.4. The number of hydrogen-bond donors (Lipinski definition) is 0. The summed E-state index contributed by atoms with van der Waals surface area (Å²) in [5, 5.41) is 0. The first kappa shape index (κ1) is 26.3. The molecule has 7 rings (SSSR count). The summed E-state index contributed by atoms with van der Waals surface area (Å²) in [6.07, 6.45) is 6.41. The Labute approximate surface area is 226 Å². The standard InChI is InChI=1S/C19H25NO2.C14H14O2/c21-18(17-6-5-15-3-1-2-4-16(15)13-17)22-14-19-7-10-20(11-8-19)12-9-19;1-15-13-9-7-12(8-10-13)11-16-14-5-3-2-4-6-14/h1-4,17H,5-14H2;2-10H,11H2,1H3. The molecule has 3 heterocycles. The Hall–Kier alpha value is -3.31. The van der Waals surface area contributed by atoms with E-state index in [1.807, 2.05) is 54.6 Å². The highest BCUT2D eigenvalue weighted by molar-refractivity contribution is 5.73. The molecule has 3 fully saturated rings. The number of para-hydroxylation sites is 1. The Morgan fingerprint density at radius 1 is 0.842 bits per heavy atom. The number of piperidine rings is 3. The molecule has 1 unspecified atom stereocenters. The van der Waals surface area contributed by atoms with E-state index in [4.69, 9.17) is 14.2 Å². The molecule has 4 aliphatic rings. The molecule has 3 saturated heterocycles. The molecule has 2 bridgehead atoms. The summed E-state index contributed by atoms with van der Waals surface area (Å²) in [6.45, 7) is 4.79. The third-order valence-electron chi connectivity index (χ3n) is 8.38. The predicted molar refractivity (Wildman–Crippen MR) is 149 cm³/mol. The fourth-order valence-electron chi connectivity index (χ4n) is 5.76. The van der Waals surface area contributed by atoms with Crippen LogP contribution < -0.4 is 9.47 Å². The second kappa shape index (κ2) is 12.5. The summed E-state index contributed by atoms with van der Waals surface area (Å²) in [5.74, 6) is 1.86.